The van der Waals surface area contributed by atoms with Crippen LogP contribution in [0.15, 0.2) is 24.3 Å². The second kappa shape index (κ2) is 3.30. The van der Waals surface area contributed by atoms with E-state index in [4.69, 9.17) is 5.11 Å². The molecule has 0 radical (unpaired) electrons. The van der Waals surface area contributed by atoms with Gasteiger partial charge in [-0.2, -0.15) is 0 Å². The zero-order valence-electron chi connectivity index (χ0n) is 6.32. The van der Waals surface area contributed by atoms with E-state index in [1.807, 2.05) is 0 Å². The molecule has 1 N–H and O–H groups in total. The van der Waals surface area contributed by atoms with Crippen molar-refractivity contribution in [2.45, 2.75) is 13.0 Å². The molecule has 1 aromatic carbocycles. The Morgan fingerprint density at radius 1 is 1.55 bits per heavy atom. The summed E-state index contributed by atoms with van der Waals surface area (Å²) in [7, 11) is 0. The van der Waals surface area contributed by atoms with Gasteiger partial charge in [0.25, 0.3) is 0 Å². The third-order valence-corrected chi connectivity index (χ3v) is 1.53. The smallest absolute Gasteiger partial charge is 0.150 e. The van der Waals surface area contributed by atoms with Crippen LogP contribution >= 0.6 is 0 Å². The lowest BCUT2D eigenvalue weighted by Gasteiger charge is -2.03. The van der Waals surface area contributed by atoms with Crippen molar-refractivity contribution in [2.24, 2.45) is 0 Å². The van der Waals surface area contributed by atoms with E-state index in [9.17, 15) is 4.79 Å². The molecule has 0 heterocycles. The van der Waals surface area contributed by atoms with Crippen LogP contribution in [-0.4, -0.2) is 11.4 Å². The summed E-state index contributed by atoms with van der Waals surface area (Å²) in [6.07, 6.45) is 0.265. The minimum absolute atomic E-state index is 0.505. The fourth-order valence-corrected chi connectivity index (χ4v) is 0.892. The molecule has 0 unspecified atom stereocenters. The van der Waals surface area contributed by atoms with Crippen molar-refractivity contribution in [3.63, 3.8) is 0 Å². The van der Waals surface area contributed by atoms with Crippen LogP contribution in [-0.2, 0) is 0 Å². The summed E-state index contributed by atoms with van der Waals surface area (Å²) in [4.78, 5) is 10.3. The average Bonchev–Trinajstić information content (AvgIpc) is 2.05. The summed E-state index contributed by atoms with van der Waals surface area (Å²) in [6.45, 7) is 1.67. The molecule has 0 amide bonds. The first-order chi connectivity index (χ1) is 5.24. The van der Waals surface area contributed by atoms with Crippen molar-refractivity contribution >= 4 is 6.29 Å². The summed E-state index contributed by atoms with van der Waals surface area (Å²) in [5.74, 6) is 0. The van der Waals surface area contributed by atoms with E-state index < -0.39 is 6.10 Å². The van der Waals surface area contributed by atoms with Gasteiger partial charge in [-0.15, -0.1) is 0 Å². The number of aliphatic hydroxyl groups excluding tert-OH is 1. The Morgan fingerprint density at radius 2 is 2.27 bits per heavy atom. The van der Waals surface area contributed by atoms with Crippen LogP contribution in [0.1, 0.15) is 28.9 Å². The van der Waals surface area contributed by atoms with Gasteiger partial charge < -0.3 is 5.11 Å². The van der Waals surface area contributed by atoms with Gasteiger partial charge in [0.15, 0.2) is 0 Å². The van der Waals surface area contributed by atoms with Crippen molar-refractivity contribution in [1.29, 1.82) is 0 Å². The predicted octanol–water partition coefficient (Wildman–Crippen LogP) is 1.55. The van der Waals surface area contributed by atoms with Crippen LogP contribution in [0.2, 0.25) is 0 Å². The number of benzene rings is 1. The normalized spacial score (nSPS) is 12.5. The quantitative estimate of drug-likeness (QED) is 0.649. The zero-order chi connectivity index (χ0) is 8.27. The standard InChI is InChI=1S/C9H10O2/c1-7(11)9-4-2-3-8(5-9)6-10/h2-7,11H,1H3/t7-/m0/s1. The molecular formula is C9H10O2. The Hall–Kier alpha value is -1.15. The van der Waals surface area contributed by atoms with E-state index in [2.05, 4.69) is 0 Å². The first-order valence-corrected chi connectivity index (χ1v) is 3.47. The van der Waals surface area contributed by atoms with Crippen LogP contribution in [0.4, 0.5) is 0 Å². The van der Waals surface area contributed by atoms with Crippen LogP contribution in [0.3, 0.4) is 0 Å². The van der Waals surface area contributed by atoms with E-state index in [0.717, 1.165) is 11.8 Å². The Bertz CT molecular complexity index is 253. The third kappa shape index (κ3) is 1.88. The predicted molar refractivity (Wildman–Crippen MR) is 42.5 cm³/mol. The van der Waals surface area contributed by atoms with E-state index in [1.165, 1.54) is 0 Å². The van der Waals surface area contributed by atoms with Crippen molar-refractivity contribution in [2.75, 3.05) is 0 Å². The molecule has 1 atom stereocenters. The molecule has 2 nitrogen and oxygen atoms in total. The Kier molecular flexibility index (Phi) is 2.39. The monoisotopic (exact) mass is 150 g/mol. The maximum absolute atomic E-state index is 10.3. The van der Waals surface area contributed by atoms with Gasteiger partial charge in [-0.3, -0.25) is 4.79 Å². The highest BCUT2D eigenvalue weighted by molar-refractivity contribution is 5.74. The lowest BCUT2D eigenvalue weighted by Crippen LogP contribution is -1.91. The molecule has 0 aliphatic rings. The van der Waals surface area contributed by atoms with Gasteiger partial charge in [-0.05, 0) is 18.6 Å². The molecule has 0 aromatic heterocycles. The Labute approximate surface area is 65.5 Å². The van der Waals surface area contributed by atoms with E-state index in [-0.39, 0.29) is 0 Å². The lowest BCUT2D eigenvalue weighted by molar-refractivity contribution is 0.112. The molecule has 58 valence electrons. The molecule has 1 rings (SSSR count). The zero-order valence-corrected chi connectivity index (χ0v) is 6.32. The van der Waals surface area contributed by atoms with Gasteiger partial charge in [-0.1, -0.05) is 18.2 Å². The minimum atomic E-state index is -0.505. The number of hydrogen-bond acceptors (Lipinski definition) is 2. The fourth-order valence-electron chi connectivity index (χ4n) is 0.892. The maximum atomic E-state index is 10.3. The molecular weight excluding hydrogens is 140 g/mol. The summed E-state index contributed by atoms with van der Waals surface area (Å²) in [6, 6.07) is 6.93. The van der Waals surface area contributed by atoms with Crippen LogP contribution in [0, 0.1) is 0 Å². The van der Waals surface area contributed by atoms with Gasteiger partial charge in [0.05, 0.1) is 6.10 Å². The summed E-state index contributed by atoms with van der Waals surface area (Å²) in [5, 5.41) is 9.13. The molecule has 0 saturated heterocycles. The molecule has 11 heavy (non-hydrogen) atoms. The Morgan fingerprint density at radius 3 is 2.82 bits per heavy atom. The summed E-state index contributed by atoms with van der Waals surface area (Å²) < 4.78 is 0. The highest BCUT2D eigenvalue weighted by Crippen LogP contribution is 2.11. The van der Waals surface area contributed by atoms with Crippen LogP contribution < -0.4 is 0 Å². The molecule has 0 aliphatic heterocycles. The van der Waals surface area contributed by atoms with Gasteiger partial charge in [0.1, 0.15) is 6.29 Å². The molecule has 0 fully saturated rings. The highest BCUT2D eigenvalue weighted by atomic mass is 16.3. The van der Waals surface area contributed by atoms with E-state index >= 15 is 0 Å². The average molecular weight is 150 g/mol. The highest BCUT2D eigenvalue weighted by Gasteiger charge is 1.99. The Balaban J connectivity index is 3.00. The van der Waals surface area contributed by atoms with Gasteiger partial charge in [-0.25, -0.2) is 0 Å². The molecule has 0 saturated carbocycles. The van der Waals surface area contributed by atoms with E-state index in [0.29, 0.717) is 5.56 Å². The second-order valence-electron chi connectivity index (χ2n) is 2.46. The fraction of sp³-hybridized carbons (Fsp3) is 0.222. The lowest BCUT2D eigenvalue weighted by atomic mass is 10.1. The van der Waals surface area contributed by atoms with Crippen molar-refractivity contribution in [3.05, 3.63) is 35.4 Å². The van der Waals surface area contributed by atoms with Crippen LogP contribution in [0.25, 0.3) is 0 Å². The topological polar surface area (TPSA) is 37.3 Å². The molecule has 0 spiro atoms. The number of rotatable bonds is 2. The van der Waals surface area contributed by atoms with Crippen molar-refractivity contribution in [1.82, 2.24) is 0 Å². The van der Waals surface area contributed by atoms with Crippen molar-refractivity contribution in [3.8, 4) is 0 Å². The SMILES string of the molecule is C[C@H](O)c1cccc(C=O)c1. The first kappa shape index (κ1) is 7.95. The summed E-state index contributed by atoms with van der Waals surface area (Å²) in [5.41, 5.74) is 1.37. The number of aldehydes is 1. The summed E-state index contributed by atoms with van der Waals surface area (Å²) >= 11 is 0. The number of carbonyl (C=O) groups is 1. The number of aliphatic hydroxyl groups is 1. The maximum Gasteiger partial charge on any atom is 0.150 e. The number of carbonyl (C=O) groups excluding carboxylic acids is 1. The van der Waals surface area contributed by atoms with Crippen molar-refractivity contribution < 1.29 is 9.90 Å². The largest absolute Gasteiger partial charge is 0.389 e. The first-order valence-electron chi connectivity index (χ1n) is 3.47. The van der Waals surface area contributed by atoms with Gasteiger partial charge in [0, 0.05) is 5.56 Å². The van der Waals surface area contributed by atoms with E-state index in [1.54, 1.807) is 31.2 Å². The van der Waals surface area contributed by atoms with Gasteiger partial charge >= 0.3 is 0 Å². The second-order valence-corrected chi connectivity index (χ2v) is 2.46. The molecule has 0 bridgehead atoms. The minimum Gasteiger partial charge on any atom is -0.389 e. The molecule has 1 aromatic rings. The van der Waals surface area contributed by atoms with Crippen LogP contribution in [0.5, 0.6) is 0 Å². The third-order valence-electron chi connectivity index (χ3n) is 1.53. The van der Waals surface area contributed by atoms with Gasteiger partial charge in [0.2, 0.25) is 0 Å². The molecule has 2 heteroatoms. The molecule has 0 aliphatic carbocycles. The number of hydrogen-bond donors (Lipinski definition) is 1.